The average Bonchev–Trinajstić information content (AvgIpc) is 2.44. The lowest BCUT2D eigenvalue weighted by Crippen LogP contribution is -2.31. The molecule has 0 spiro atoms. The zero-order valence-corrected chi connectivity index (χ0v) is 15.6. The Morgan fingerprint density at radius 1 is 0.583 bits per heavy atom. The minimum Gasteiger partial charge on any atom is -0.317 e. The first-order valence-electron chi connectivity index (χ1n) is 9.10. The summed E-state index contributed by atoms with van der Waals surface area (Å²) in [6.07, 6.45) is -0.0430. The Bertz CT molecular complexity index is 250. The number of halogens is 3. The molecular formula is C17H37F3N4. The van der Waals surface area contributed by atoms with E-state index in [1.165, 1.54) is 6.42 Å². The number of alkyl halides is 3. The van der Waals surface area contributed by atoms with Crippen LogP contribution in [0.25, 0.3) is 0 Å². The Kier molecular flexibility index (Phi) is 13.7. The van der Waals surface area contributed by atoms with E-state index in [4.69, 9.17) is 0 Å². The number of hydrogen-bond donors (Lipinski definition) is 4. The van der Waals surface area contributed by atoms with Gasteiger partial charge in [-0.15, -0.1) is 0 Å². The molecule has 146 valence electrons. The summed E-state index contributed by atoms with van der Waals surface area (Å²) in [5.74, 6) is 0. The molecule has 0 unspecified atom stereocenters. The summed E-state index contributed by atoms with van der Waals surface area (Å²) in [6.45, 7) is 12.0. The van der Waals surface area contributed by atoms with Crippen molar-refractivity contribution >= 4 is 0 Å². The molecule has 0 aliphatic carbocycles. The summed E-state index contributed by atoms with van der Waals surface area (Å²) < 4.78 is 35.6. The van der Waals surface area contributed by atoms with E-state index in [1.54, 1.807) is 0 Å². The van der Waals surface area contributed by atoms with Crippen molar-refractivity contribution in [2.75, 3.05) is 52.4 Å². The van der Waals surface area contributed by atoms with Crippen molar-refractivity contribution in [3.63, 3.8) is 0 Å². The van der Waals surface area contributed by atoms with Crippen molar-refractivity contribution in [3.05, 3.63) is 0 Å². The molecule has 4 N–H and O–H groups in total. The van der Waals surface area contributed by atoms with E-state index in [-0.39, 0.29) is 0 Å². The van der Waals surface area contributed by atoms with Gasteiger partial charge in [0.15, 0.2) is 0 Å². The number of hydrogen-bond acceptors (Lipinski definition) is 4. The smallest absolute Gasteiger partial charge is 0.317 e. The number of rotatable bonds is 15. The van der Waals surface area contributed by atoms with Crippen LogP contribution in [0.15, 0.2) is 0 Å². The molecule has 0 rings (SSSR count). The van der Waals surface area contributed by atoms with Gasteiger partial charge in [-0.05, 0) is 76.9 Å². The maximum atomic E-state index is 11.9. The second kappa shape index (κ2) is 13.9. The van der Waals surface area contributed by atoms with Gasteiger partial charge in [-0.2, -0.15) is 13.2 Å². The molecule has 0 atom stereocenters. The highest BCUT2D eigenvalue weighted by Crippen LogP contribution is 2.16. The van der Waals surface area contributed by atoms with Crippen molar-refractivity contribution < 1.29 is 13.2 Å². The van der Waals surface area contributed by atoms with E-state index < -0.39 is 12.7 Å². The van der Waals surface area contributed by atoms with Crippen molar-refractivity contribution in [1.29, 1.82) is 0 Å². The fourth-order valence-corrected chi connectivity index (χ4v) is 2.08. The third-order valence-corrected chi connectivity index (χ3v) is 3.50. The lowest BCUT2D eigenvalue weighted by atomic mass is 9.92. The van der Waals surface area contributed by atoms with Gasteiger partial charge in [0.05, 0.1) is 6.54 Å². The molecule has 4 nitrogen and oxygen atoms in total. The van der Waals surface area contributed by atoms with Gasteiger partial charge in [-0.3, -0.25) is 0 Å². The Balaban J connectivity index is 3.08. The zero-order valence-electron chi connectivity index (χ0n) is 15.6. The zero-order chi connectivity index (χ0) is 18.3. The molecule has 0 aromatic carbocycles. The molecule has 0 aliphatic rings. The molecule has 0 bridgehead atoms. The van der Waals surface area contributed by atoms with E-state index in [2.05, 4.69) is 42.0 Å². The molecule has 0 saturated carbocycles. The normalized spacial score (nSPS) is 12.8. The van der Waals surface area contributed by atoms with Gasteiger partial charge in [-0.25, -0.2) is 0 Å². The molecule has 0 amide bonds. The summed E-state index contributed by atoms with van der Waals surface area (Å²) in [7, 11) is 0. The summed E-state index contributed by atoms with van der Waals surface area (Å²) in [5, 5.41) is 12.5. The van der Waals surface area contributed by atoms with Gasteiger partial charge >= 0.3 is 6.18 Å². The predicted molar refractivity (Wildman–Crippen MR) is 95.5 cm³/mol. The quantitative estimate of drug-likeness (QED) is 0.341. The molecule has 0 aromatic rings. The van der Waals surface area contributed by atoms with E-state index in [0.29, 0.717) is 18.4 Å². The number of nitrogens with one attached hydrogen (secondary N) is 4. The van der Waals surface area contributed by atoms with Gasteiger partial charge in [0.1, 0.15) is 0 Å². The molecule has 0 saturated heterocycles. The van der Waals surface area contributed by atoms with E-state index in [1.807, 2.05) is 0 Å². The highest BCUT2D eigenvalue weighted by molar-refractivity contribution is 4.63. The second-order valence-electron chi connectivity index (χ2n) is 7.41. The first kappa shape index (κ1) is 23.6. The molecular weight excluding hydrogens is 317 g/mol. The third kappa shape index (κ3) is 21.6. The van der Waals surface area contributed by atoms with Crippen LogP contribution < -0.4 is 21.3 Å². The third-order valence-electron chi connectivity index (χ3n) is 3.50. The Morgan fingerprint density at radius 3 is 1.33 bits per heavy atom. The molecule has 0 radical (unpaired) electrons. The molecule has 0 aliphatic heterocycles. The largest absolute Gasteiger partial charge is 0.401 e. The van der Waals surface area contributed by atoms with E-state index >= 15 is 0 Å². The maximum Gasteiger partial charge on any atom is 0.401 e. The summed E-state index contributed by atoms with van der Waals surface area (Å²) in [5.41, 5.74) is 0.395. The van der Waals surface area contributed by atoms with Gasteiger partial charge in [-0.1, -0.05) is 20.8 Å². The monoisotopic (exact) mass is 354 g/mol. The van der Waals surface area contributed by atoms with Gasteiger partial charge in [0, 0.05) is 0 Å². The van der Waals surface area contributed by atoms with E-state index in [0.717, 1.165) is 52.1 Å². The lowest BCUT2D eigenvalue weighted by Gasteiger charge is -2.18. The van der Waals surface area contributed by atoms with Gasteiger partial charge < -0.3 is 21.3 Å². The van der Waals surface area contributed by atoms with Crippen LogP contribution >= 0.6 is 0 Å². The highest BCUT2D eigenvalue weighted by atomic mass is 19.4. The van der Waals surface area contributed by atoms with Crippen LogP contribution in [0.3, 0.4) is 0 Å². The lowest BCUT2D eigenvalue weighted by molar-refractivity contribution is -0.124. The Morgan fingerprint density at radius 2 is 0.958 bits per heavy atom. The average molecular weight is 355 g/mol. The van der Waals surface area contributed by atoms with Crippen molar-refractivity contribution in [2.45, 2.75) is 52.6 Å². The maximum absolute atomic E-state index is 11.9. The van der Waals surface area contributed by atoms with Crippen LogP contribution in [0.1, 0.15) is 46.5 Å². The Hall–Kier alpha value is -0.370. The van der Waals surface area contributed by atoms with Crippen LogP contribution in [0, 0.1) is 5.41 Å². The molecule has 7 heteroatoms. The van der Waals surface area contributed by atoms with Gasteiger partial charge in [0.25, 0.3) is 0 Å². The molecule has 0 aromatic heterocycles. The van der Waals surface area contributed by atoms with Crippen molar-refractivity contribution in [3.8, 4) is 0 Å². The minimum atomic E-state index is -4.11. The first-order valence-corrected chi connectivity index (χ1v) is 9.10. The van der Waals surface area contributed by atoms with Crippen LogP contribution in [0.5, 0.6) is 0 Å². The minimum absolute atomic E-state index is 0.395. The second-order valence-corrected chi connectivity index (χ2v) is 7.41. The first-order chi connectivity index (χ1) is 11.2. The summed E-state index contributed by atoms with van der Waals surface area (Å²) in [6, 6.07) is 0. The topological polar surface area (TPSA) is 48.1 Å². The fraction of sp³-hybridized carbons (Fsp3) is 1.00. The molecule has 0 fully saturated rings. The molecule has 24 heavy (non-hydrogen) atoms. The van der Waals surface area contributed by atoms with Crippen LogP contribution in [0.4, 0.5) is 13.2 Å². The standard InChI is InChI=1S/C17H37F3N4/c1-16(2,3)7-14-23-12-5-10-21-8-4-9-22-11-6-13-24-15-17(18,19)20/h21-24H,4-15H2,1-3H3. The van der Waals surface area contributed by atoms with Crippen molar-refractivity contribution in [1.82, 2.24) is 21.3 Å². The predicted octanol–water partition coefficient (Wildman–Crippen LogP) is 2.51. The van der Waals surface area contributed by atoms with E-state index in [9.17, 15) is 13.2 Å². The van der Waals surface area contributed by atoms with Gasteiger partial charge in [0.2, 0.25) is 0 Å². The summed E-state index contributed by atoms with van der Waals surface area (Å²) >= 11 is 0. The molecule has 0 heterocycles. The van der Waals surface area contributed by atoms with Crippen LogP contribution in [-0.2, 0) is 0 Å². The van der Waals surface area contributed by atoms with Crippen molar-refractivity contribution in [2.24, 2.45) is 5.41 Å². The Labute approximate surface area is 145 Å². The van der Waals surface area contributed by atoms with Crippen LogP contribution in [-0.4, -0.2) is 58.5 Å². The SMILES string of the molecule is CC(C)(C)CCNCCCNCCCNCCCNCC(F)(F)F. The highest BCUT2D eigenvalue weighted by Gasteiger charge is 2.25. The van der Waals surface area contributed by atoms with Crippen LogP contribution in [0.2, 0.25) is 0 Å². The summed E-state index contributed by atoms with van der Waals surface area (Å²) in [4.78, 5) is 0. The fourth-order valence-electron chi connectivity index (χ4n) is 2.08.